The highest BCUT2D eigenvalue weighted by molar-refractivity contribution is 6.08. The Bertz CT molecular complexity index is 247. The van der Waals surface area contributed by atoms with Crippen LogP contribution in [0.2, 0.25) is 6.04 Å². The van der Waals surface area contributed by atoms with E-state index in [2.05, 4.69) is 20.8 Å². The lowest BCUT2D eigenvalue weighted by atomic mass is 10.1. The van der Waals surface area contributed by atoms with Crippen molar-refractivity contribution in [3.05, 3.63) is 0 Å². The molecule has 0 spiro atoms. The molecule has 1 unspecified atom stereocenters. The van der Waals surface area contributed by atoms with Gasteiger partial charge in [0.25, 0.3) is 0 Å². The molecule has 25 heavy (non-hydrogen) atoms. The van der Waals surface area contributed by atoms with E-state index >= 15 is 0 Å². The van der Waals surface area contributed by atoms with Crippen LogP contribution < -0.4 is 0 Å². The van der Waals surface area contributed by atoms with Crippen molar-refractivity contribution in [2.75, 3.05) is 19.8 Å². The summed E-state index contributed by atoms with van der Waals surface area (Å²) in [6.07, 6.45) is 14.1. The Labute approximate surface area is 160 Å². The first-order chi connectivity index (χ1) is 12.3. The smallest absolute Gasteiger partial charge is 0.160 e. The fraction of sp³-hybridized carbons (Fsp3) is 1.00. The lowest BCUT2D eigenvalue weighted by Gasteiger charge is -2.29. The van der Waals surface area contributed by atoms with Crippen molar-refractivity contribution >= 4 is 10.2 Å². The van der Waals surface area contributed by atoms with Gasteiger partial charge < -0.3 is 4.74 Å². The van der Waals surface area contributed by atoms with Crippen molar-refractivity contribution in [1.29, 1.82) is 0 Å². The summed E-state index contributed by atoms with van der Waals surface area (Å²) in [6, 6.07) is 1.44. The minimum atomic E-state index is -0.0705. The van der Waals surface area contributed by atoms with Crippen LogP contribution in [0, 0.1) is 0 Å². The van der Waals surface area contributed by atoms with Crippen molar-refractivity contribution in [2.24, 2.45) is 0 Å². The van der Waals surface area contributed by atoms with E-state index in [-0.39, 0.29) is 6.23 Å². The Morgan fingerprint density at radius 2 is 1.20 bits per heavy atom. The maximum absolute atomic E-state index is 6.12. The van der Waals surface area contributed by atoms with E-state index in [1.165, 1.54) is 48.4 Å². The molecule has 0 saturated heterocycles. The molecular weight excluding hydrogens is 330 g/mol. The first-order valence-electron chi connectivity index (χ1n) is 11.0. The van der Waals surface area contributed by atoms with Crippen LogP contribution in [0.3, 0.4) is 0 Å². The highest BCUT2D eigenvalue weighted by Gasteiger charge is 2.21. The summed E-state index contributed by atoms with van der Waals surface area (Å²) < 4.78 is 6.12. The molecule has 0 amide bonds. The van der Waals surface area contributed by atoms with Gasteiger partial charge in [0.1, 0.15) is 0 Å². The summed E-state index contributed by atoms with van der Waals surface area (Å²) in [7, 11) is 1.35. The Hall–Kier alpha value is 0.0569. The van der Waals surface area contributed by atoms with Crippen molar-refractivity contribution in [1.82, 2.24) is 5.23 Å². The normalized spacial score (nSPS) is 13.0. The van der Waals surface area contributed by atoms with E-state index in [1.54, 1.807) is 5.23 Å². The zero-order valence-electron chi connectivity index (χ0n) is 17.6. The molecule has 0 fully saturated rings. The van der Waals surface area contributed by atoms with Crippen LogP contribution in [0.1, 0.15) is 97.8 Å². The average Bonchev–Trinajstić information content (AvgIpc) is 2.62. The van der Waals surface area contributed by atoms with Crippen molar-refractivity contribution in [3.63, 3.8) is 0 Å². The van der Waals surface area contributed by atoms with E-state index in [4.69, 9.17) is 14.4 Å². The topological polar surface area (TPSA) is 30.9 Å². The van der Waals surface area contributed by atoms with Crippen LogP contribution in [0.25, 0.3) is 0 Å². The fourth-order valence-electron chi connectivity index (χ4n) is 2.51. The molecule has 0 aromatic heterocycles. The molecule has 0 aliphatic carbocycles. The van der Waals surface area contributed by atoms with E-state index in [0.717, 1.165) is 51.6 Å². The molecular formula is C20H45NO3Si. The Kier molecular flexibility index (Phi) is 20.4. The lowest BCUT2D eigenvalue weighted by molar-refractivity contribution is -0.425. The van der Waals surface area contributed by atoms with E-state index < -0.39 is 0 Å². The van der Waals surface area contributed by atoms with Crippen LogP contribution in [-0.4, -0.2) is 41.5 Å². The SMILES string of the molecule is CCCCOC(CCCCCCC[SiH3])N(OCCCC)OCCCC. The zero-order valence-corrected chi connectivity index (χ0v) is 19.6. The highest BCUT2D eigenvalue weighted by atomic mass is 28.1. The zero-order chi connectivity index (χ0) is 18.6. The standard InChI is InChI=1S/C20H45NO3Si/c1-4-7-16-22-20(15-13-11-10-12-14-19-25)21(23-17-8-5-2)24-18-9-6-3/h20H,4-19H2,1-3,25H3. The van der Waals surface area contributed by atoms with Gasteiger partial charge in [0.2, 0.25) is 0 Å². The first-order valence-corrected chi connectivity index (χ1v) is 12.4. The summed E-state index contributed by atoms with van der Waals surface area (Å²) in [5.74, 6) is 0. The summed E-state index contributed by atoms with van der Waals surface area (Å²) >= 11 is 0. The predicted molar refractivity (Wildman–Crippen MR) is 111 cm³/mol. The Morgan fingerprint density at radius 1 is 0.680 bits per heavy atom. The number of unbranched alkanes of at least 4 members (excludes halogenated alkanes) is 7. The third-order valence-electron chi connectivity index (χ3n) is 4.28. The molecule has 4 nitrogen and oxygen atoms in total. The monoisotopic (exact) mass is 375 g/mol. The van der Waals surface area contributed by atoms with Crippen LogP contribution >= 0.6 is 0 Å². The van der Waals surface area contributed by atoms with Crippen LogP contribution in [0.4, 0.5) is 0 Å². The van der Waals surface area contributed by atoms with Crippen molar-refractivity contribution < 1.29 is 14.4 Å². The minimum Gasteiger partial charge on any atom is -0.358 e. The molecule has 152 valence electrons. The highest BCUT2D eigenvalue weighted by Crippen LogP contribution is 2.16. The van der Waals surface area contributed by atoms with E-state index in [9.17, 15) is 0 Å². The molecule has 0 bridgehead atoms. The molecule has 0 rings (SSSR count). The van der Waals surface area contributed by atoms with Crippen LogP contribution in [0.15, 0.2) is 0 Å². The first kappa shape index (κ1) is 25.1. The quantitative estimate of drug-likeness (QED) is 0.129. The van der Waals surface area contributed by atoms with Gasteiger partial charge in [-0.25, -0.2) is 0 Å². The van der Waals surface area contributed by atoms with Gasteiger partial charge >= 0.3 is 0 Å². The Balaban J connectivity index is 4.40. The third kappa shape index (κ3) is 16.0. The second-order valence-corrected chi connectivity index (χ2v) is 7.89. The number of rotatable bonds is 20. The predicted octanol–water partition coefficient (Wildman–Crippen LogP) is 5.02. The lowest BCUT2D eigenvalue weighted by Crippen LogP contribution is -2.38. The van der Waals surface area contributed by atoms with Crippen LogP contribution in [-0.2, 0) is 14.4 Å². The number of hydrogen-bond donors (Lipinski definition) is 0. The number of ether oxygens (including phenoxy) is 1. The maximum atomic E-state index is 6.12. The number of nitrogens with zero attached hydrogens (tertiary/aromatic N) is 1. The Morgan fingerprint density at radius 3 is 1.76 bits per heavy atom. The molecule has 0 radical (unpaired) electrons. The van der Waals surface area contributed by atoms with Crippen molar-refractivity contribution in [3.8, 4) is 0 Å². The molecule has 0 aromatic rings. The van der Waals surface area contributed by atoms with Crippen LogP contribution in [0.5, 0.6) is 0 Å². The van der Waals surface area contributed by atoms with Crippen molar-refractivity contribution in [2.45, 2.75) is 110 Å². The van der Waals surface area contributed by atoms with Gasteiger partial charge in [-0.3, -0.25) is 9.68 Å². The van der Waals surface area contributed by atoms with Gasteiger partial charge in [-0.2, -0.15) is 0 Å². The molecule has 0 aliphatic rings. The summed E-state index contributed by atoms with van der Waals surface area (Å²) in [4.78, 5) is 11.8. The number of hydrogen-bond acceptors (Lipinski definition) is 4. The summed E-state index contributed by atoms with van der Waals surface area (Å²) in [6.45, 7) is 8.75. The average molecular weight is 376 g/mol. The van der Waals surface area contributed by atoms with E-state index in [1.807, 2.05) is 0 Å². The van der Waals surface area contributed by atoms with Gasteiger partial charge in [0.05, 0.1) is 13.2 Å². The molecule has 5 heteroatoms. The molecule has 0 heterocycles. The largest absolute Gasteiger partial charge is 0.358 e. The second kappa shape index (κ2) is 20.4. The summed E-state index contributed by atoms with van der Waals surface area (Å²) in [5, 5.41) is 1.68. The summed E-state index contributed by atoms with van der Waals surface area (Å²) in [5.41, 5.74) is 0. The fourth-order valence-corrected chi connectivity index (χ4v) is 3.01. The van der Waals surface area contributed by atoms with Gasteiger partial charge in [0, 0.05) is 16.8 Å². The third-order valence-corrected chi connectivity index (χ3v) is 4.99. The van der Waals surface area contributed by atoms with Gasteiger partial charge in [0.15, 0.2) is 6.23 Å². The molecule has 0 saturated carbocycles. The molecule has 1 atom stereocenters. The van der Waals surface area contributed by atoms with E-state index in [0.29, 0.717) is 13.2 Å². The molecule has 0 N–H and O–H groups in total. The second-order valence-electron chi connectivity index (χ2n) is 6.89. The minimum absolute atomic E-state index is 0.0705. The van der Waals surface area contributed by atoms with Gasteiger partial charge in [-0.15, -0.1) is 0 Å². The number of hydroxylamine groups is 2. The maximum Gasteiger partial charge on any atom is 0.160 e. The molecule has 0 aliphatic heterocycles. The molecule has 0 aromatic carbocycles. The van der Waals surface area contributed by atoms with Gasteiger partial charge in [-0.1, -0.05) is 71.8 Å². The van der Waals surface area contributed by atoms with Gasteiger partial charge in [-0.05, 0) is 37.3 Å².